The number of halogens is 4. The van der Waals surface area contributed by atoms with Gasteiger partial charge in [0.25, 0.3) is 0 Å². The number of oxazole rings is 1. The van der Waals surface area contributed by atoms with Gasteiger partial charge in [0.1, 0.15) is 22.7 Å². The van der Waals surface area contributed by atoms with E-state index in [1.165, 1.54) is 18.7 Å². The summed E-state index contributed by atoms with van der Waals surface area (Å²) in [5.41, 5.74) is 0.428. The summed E-state index contributed by atoms with van der Waals surface area (Å²) in [5, 5.41) is 3.58. The quantitative estimate of drug-likeness (QED) is 0.418. The van der Waals surface area contributed by atoms with Crippen molar-refractivity contribution in [2.24, 2.45) is 0 Å². The number of benzene rings is 2. The van der Waals surface area contributed by atoms with E-state index in [-0.39, 0.29) is 11.4 Å². The molecule has 0 atom stereocenters. The number of hydrogen-bond donors (Lipinski definition) is 0. The Hall–Kier alpha value is -3.47. The molecular formula is C20H13F4N3O3S. The Bertz CT molecular complexity index is 1340. The molecule has 6 nitrogen and oxygen atoms in total. The lowest BCUT2D eigenvalue weighted by molar-refractivity contribution is -0.141. The molecule has 0 aliphatic heterocycles. The first-order valence-electron chi connectivity index (χ1n) is 8.70. The molecular weight excluding hydrogens is 438 g/mol. The number of hydrogen-bond acceptors (Lipinski definition) is 5. The van der Waals surface area contributed by atoms with E-state index in [4.69, 9.17) is 4.42 Å². The average Bonchev–Trinajstić information content (AvgIpc) is 3.37. The first-order valence-corrected chi connectivity index (χ1v) is 10.6. The zero-order chi connectivity index (χ0) is 22.4. The molecule has 4 aromatic rings. The van der Waals surface area contributed by atoms with Crippen molar-refractivity contribution in [2.45, 2.75) is 11.1 Å². The molecule has 0 spiro atoms. The summed E-state index contributed by atoms with van der Waals surface area (Å²) < 4.78 is 83.4. The van der Waals surface area contributed by atoms with E-state index in [1.54, 1.807) is 24.3 Å². The fourth-order valence-electron chi connectivity index (χ4n) is 3.01. The van der Waals surface area contributed by atoms with Gasteiger partial charge in [0.05, 0.1) is 11.4 Å². The van der Waals surface area contributed by atoms with E-state index in [0.717, 1.165) is 29.1 Å². The van der Waals surface area contributed by atoms with Gasteiger partial charge in [-0.25, -0.2) is 22.5 Å². The van der Waals surface area contributed by atoms with Crippen LogP contribution < -0.4 is 0 Å². The molecule has 2 aromatic heterocycles. The van der Waals surface area contributed by atoms with E-state index >= 15 is 0 Å². The minimum Gasteiger partial charge on any atom is -0.451 e. The van der Waals surface area contributed by atoms with Crippen molar-refractivity contribution in [1.82, 2.24) is 14.8 Å². The van der Waals surface area contributed by atoms with Crippen LogP contribution in [0.15, 0.2) is 70.5 Å². The first-order chi connectivity index (χ1) is 14.5. The minimum absolute atomic E-state index is 0.0468. The van der Waals surface area contributed by atoms with Gasteiger partial charge in [-0.05, 0) is 18.2 Å². The molecule has 2 aromatic carbocycles. The second-order valence-corrected chi connectivity index (χ2v) is 8.65. The number of sulfone groups is 1. The molecule has 11 heteroatoms. The summed E-state index contributed by atoms with van der Waals surface area (Å²) in [4.78, 5) is 3.45. The third-order valence-corrected chi connectivity index (χ3v) is 5.60. The van der Waals surface area contributed by atoms with Gasteiger partial charge in [-0.3, -0.25) is 0 Å². The molecule has 0 N–H and O–H groups in total. The van der Waals surface area contributed by atoms with Crippen LogP contribution in [0.2, 0.25) is 0 Å². The van der Waals surface area contributed by atoms with Gasteiger partial charge >= 0.3 is 6.18 Å². The molecule has 160 valence electrons. The van der Waals surface area contributed by atoms with Crippen molar-refractivity contribution >= 4 is 9.84 Å². The normalized spacial score (nSPS) is 12.3. The predicted molar refractivity (Wildman–Crippen MR) is 103 cm³/mol. The van der Waals surface area contributed by atoms with Crippen LogP contribution in [-0.4, -0.2) is 29.4 Å². The van der Waals surface area contributed by atoms with Crippen molar-refractivity contribution in [2.75, 3.05) is 6.26 Å². The van der Waals surface area contributed by atoms with Crippen molar-refractivity contribution in [3.05, 3.63) is 72.7 Å². The average molecular weight is 451 g/mol. The third-order valence-electron chi connectivity index (χ3n) is 4.47. The summed E-state index contributed by atoms with van der Waals surface area (Å²) in [6.45, 7) is 0. The van der Waals surface area contributed by atoms with Crippen LogP contribution in [-0.2, 0) is 16.0 Å². The molecule has 0 aliphatic carbocycles. The molecule has 0 amide bonds. The van der Waals surface area contributed by atoms with Crippen molar-refractivity contribution in [1.29, 1.82) is 0 Å². The molecule has 2 heterocycles. The zero-order valence-corrected chi connectivity index (χ0v) is 16.6. The van der Waals surface area contributed by atoms with E-state index in [1.807, 2.05) is 0 Å². The Balaban J connectivity index is 1.84. The molecule has 31 heavy (non-hydrogen) atoms. The number of rotatable bonds is 4. The van der Waals surface area contributed by atoms with Gasteiger partial charge in [-0.15, -0.1) is 0 Å². The predicted octanol–water partition coefficient (Wildman–Crippen LogP) is 4.76. The Kier molecular flexibility index (Phi) is 4.92. The Labute approximate surface area is 173 Å². The van der Waals surface area contributed by atoms with Crippen LogP contribution in [0.25, 0.3) is 28.2 Å². The molecule has 4 rings (SSSR count). The smallest absolute Gasteiger partial charge is 0.435 e. The minimum atomic E-state index is -4.73. The fraction of sp³-hybridized carbons (Fsp3) is 0.100. The highest BCUT2D eigenvalue weighted by molar-refractivity contribution is 7.90. The van der Waals surface area contributed by atoms with Gasteiger partial charge in [0.2, 0.25) is 0 Å². The molecule has 0 unspecified atom stereocenters. The van der Waals surface area contributed by atoms with Gasteiger partial charge < -0.3 is 4.42 Å². The highest BCUT2D eigenvalue weighted by Crippen LogP contribution is 2.34. The maximum absolute atomic E-state index is 14.4. The van der Waals surface area contributed by atoms with E-state index in [9.17, 15) is 26.0 Å². The van der Waals surface area contributed by atoms with Gasteiger partial charge in [0.15, 0.2) is 21.9 Å². The third kappa shape index (κ3) is 4.08. The first kappa shape index (κ1) is 20.8. The van der Waals surface area contributed by atoms with E-state index < -0.39 is 32.4 Å². The Morgan fingerprint density at radius 2 is 1.68 bits per heavy atom. The second-order valence-electron chi connectivity index (χ2n) is 6.66. The Morgan fingerprint density at radius 1 is 1.00 bits per heavy atom. The molecule has 0 aliphatic rings. The maximum atomic E-state index is 14.4. The van der Waals surface area contributed by atoms with Crippen molar-refractivity contribution in [3.63, 3.8) is 0 Å². The highest BCUT2D eigenvalue weighted by Gasteiger charge is 2.35. The van der Waals surface area contributed by atoms with E-state index in [2.05, 4.69) is 10.1 Å². The number of nitrogens with zero attached hydrogens (tertiary/aromatic N) is 3. The fourth-order valence-corrected chi connectivity index (χ4v) is 3.74. The number of alkyl halides is 3. The summed E-state index contributed by atoms with van der Waals surface area (Å²) in [7, 11) is -3.84. The SMILES string of the molecule is CS(=O)(=O)c1ccc(-n2nc(C(F)(F)F)cc2-c2ccc(-c3cocn3)cc2)cc1F. The molecule has 0 saturated carbocycles. The lowest BCUT2D eigenvalue weighted by atomic mass is 10.1. The van der Waals surface area contributed by atoms with Crippen LogP contribution in [0.5, 0.6) is 0 Å². The van der Waals surface area contributed by atoms with E-state index in [0.29, 0.717) is 16.8 Å². The van der Waals surface area contributed by atoms with Crippen LogP contribution in [0, 0.1) is 5.82 Å². The lowest BCUT2D eigenvalue weighted by Crippen LogP contribution is -2.08. The zero-order valence-electron chi connectivity index (χ0n) is 15.8. The van der Waals surface area contributed by atoms with Gasteiger partial charge in [0, 0.05) is 23.4 Å². The maximum Gasteiger partial charge on any atom is 0.435 e. The second kappa shape index (κ2) is 7.34. The topological polar surface area (TPSA) is 78.0 Å². The Morgan fingerprint density at radius 3 is 2.23 bits per heavy atom. The standard InChI is InChI=1S/C20H13F4N3O3S/c1-31(28,29)18-7-6-14(8-15(18)21)27-17(9-19(26-27)20(22,23)24)13-4-2-12(3-5-13)16-10-30-11-25-16/h2-11H,1H3. The van der Waals surface area contributed by atoms with Crippen LogP contribution in [0.4, 0.5) is 17.6 Å². The lowest BCUT2D eigenvalue weighted by Gasteiger charge is -2.10. The summed E-state index contributed by atoms with van der Waals surface area (Å²) in [5.74, 6) is -1.09. The van der Waals surface area contributed by atoms with Gasteiger partial charge in [-0.2, -0.15) is 18.3 Å². The summed E-state index contributed by atoms with van der Waals surface area (Å²) >= 11 is 0. The van der Waals surface area contributed by atoms with Crippen molar-refractivity contribution < 1.29 is 30.4 Å². The molecule has 0 bridgehead atoms. The van der Waals surface area contributed by atoms with Gasteiger partial charge in [-0.1, -0.05) is 24.3 Å². The summed E-state index contributed by atoms with van der Waals surface area (Å²) in [6.07, 6.45) is -1.22. The molecule has 0 radical (unpaired) electrons. The van der Waals surface area contributed by atoms with Crippen molar-refractivity contribution in [3.8, 4) is 28.2 Å². The largest absolute Gasteiger partial charge is 0.451 e. The molecule has 0 saturated heterocycles. The monoisotopic (exact) mass is 451 g/mol. The molecule has 0 fully saturated rings. The highest BCUT2D eigenvalue weighted by atomic mass is 32.2. The van der Waals surface area contributed by atoms with Crippen LogP contribution >= 0.6 is 0 Å². The van der Waals surface area contributed by atoms with Crippen LogP contribution in [0.1, 0.15) is 5.69 Å². The van der Waals surface area contributed by atoms with Crippen LogP contribution in [0.3, 0.4) is 0 Å². The summed E-state index contributed by atoms with van der Waals surface area (Å²) in [6, 6.07) is 10.3. The number of aromatic nitrogens is 3.